The molecule has 0 bridgehead atoms. The van der Waals surface area contributed by atoms with Crippen LogP contribution in [0.25, 0.3) is 10.7 Å². The molecule has 15 heavy (non-hydrogen) atoms. The third-order valence-corrected chi connectivity index (χ3v) is 3.35. The lowest BCUT2D eigenvalue weighted by Crippen LogP contribution is -2.08. The molecule has 0 aliphatic rings. The van der Waals surface area contributed by atoms with Crippen molar-refractivity contribution in [1.29, 1.82) is 0 Å². The molecule has 0 aromatic carbocycles. The van der Waals surface area contributed by atoms with Gasteiger partial charge in [0.1, 0.15) is 15.7 Å². The Bertz CT molecular complexity index is 492. The Morgan fingerprint density at radius 1 is 1.47 bits per heavy atom. The first-order valence-corrected chi connectivity index (χ1v) is 5.44. The molecule has 0 unspecified atom stereocenters. The Balaban J connectivity index is 2.48. The number of rotatable bonds is 2. The molecule has 0 atom stereocenters. The molecular formula is C9H8N4S2. The van der Waals surface area contributed by atoms with E-state index in [2.05, 4.69) is 15.0 Å². The minimum Gasteiger partial charge on any atom is -0.389 e. The first-order valence-electron chi connectivity index (χ1n) is 4.22. The number of nitrogens with two attached hydrogens (primary N) is 1. The van der Waals surface area contributed by atoms with Crippen LogP contribution in [0, 0.1) is 6.92 Å². The molecule has 2 rings (SSSR count). The number of thiocarbonyl (C=S) groups is 1. The minimum absolute atomic E-state index is 0.375. The van der Waals surface area contributed by atoms with E-state index < -0.39 is 0 Å². The Morgan fingerprint density at radius 2 is 2.27 bits per heavy atom. The van der Waals surface area contributed by atoms with Crippen molar-refractivity contribution >= 4 is 28.5 Å². The van der Waals surface area contributed by atoms with Gasteiger partial charge < -0.3 is 5.73 Å². The maximum absolute atomic E-state index is 5.57. The highest BCUT2D eigenvalue weighted by Gasteiger charge is 2.11. The zero-order chi connectivity index (χ0) is 10.8. The van der Waals surface area contributed by atoms with Crippen LogP contribution >= 0.6 is 23.6 Å². The molecule has 0 amide bonds. The van der Waals surface area contributed by atoms with Gasteiger partial charge in [-0.15, -0.1) is 11.3 Å². The molecule has 0 fully saturated rings. The average molecular weight is 236 g/mol. The van der Waals surface area contributed by atoms with Gasteiger partial charge >= 0.3 is 0 Å². The summed E-state index contributed by atoms with van der Waals surface area (Å²) in [4.78, 5) is 13.7. The van der Waals surface area contributed by atoms with Gasteiger partial charge in [-0.25, -0.2) is 4.98 Å². The van der Waals surface area contributed by atoms with Crippen molar-refractivity contribution in [3.63, 3.8) is 0 Å². The van der Waals surface area contributed by atoms with Crippen LogP contribution in [-0.4, -0.2) is 19.9 Å². The summed E-state index contributed by atoms with van der Waals surface area (Å²) in [6.45, 7) is 1.88. The Labute approximate surface area is 96.2 Å². The predicted molar refractivity (Wildman–Crippen MR) is 63.8 cm³/mol. The molecule has 0 radical (unpaired) electrons. The van der Waals surface area contributed by atoms with Gasteiger partial charge in [0.05, 0.1) is 16.8 Å². The molecule has 2 heterocycles. The lowest BCUT2D eigenvalue weighted by atomic mass is 10.4. The predicted octanol–water partition coefficient (Wildman–Crippen LogP) is 1.54. The zero-order valence-corrected chi connectivity index (χ0v) is 9.60. The number of thiazole rings is 1. The summed E-state index contributed by atoms with van der Waals surface area (Å²) in [5.41, 5.74) is 7.16. The van der Waals surface area contributed by atoms with E-state index in [0.29, 0.717) is 4.99 Å². The van der Waals surface area contributed by atoms with Crippen LogP contribution in [-0.2, 0) is 0 Å². The average Bonchev–Trinajstić information content (AvgIpc) is 2.62. The maximum Gasteiger partial charge on any atom is 0.144 e. The standard InChI is InChI=1S/C9H8N4S2/c1-5-7(8(10)14)15-9(13-5)6-4-11-2-3-12-6/h2-4H,1H3,(H2,10,14). The summed E-state index contributed by atoms with van der Waals surface area (Å²) in [7, 11) is 0. The lowest BCUT2D eigenvalue weighted by molar-refractivity contribution is 1.18. The van der Waals surface area contributed by atoms with Crippen molar-refractivity contribution in [2.24, 2.45) is 5.73 Å². The molecule has 4 nitrogen and oxygen atoms in total. The number of aryl methyl sites for hydroxylation is 1. The molecule has 0 saturated heterocycles. The molecule has 2 aromatic heterocycles. The summed E-state index contributed by atoms with van der Waals surface area (Å²) in [6, 6.07) is 0. The van der Waals surface area contributed by atoms with E-state index in [1.54, 1.807) is 18.6 Å². The fourth-order valence-electron chi connectivity index (χ4n) is 1.14. The van der Waals surface area contributed by atoms with E-state index in [1.807, 2.05) is 6.92 Å². The number of hydrogen-bond acceptors (Lipinski definition) is 5. The quantitative estimate of drug-likeness (QED) is 0.801. The third-order valence-electron chi connectivity index (χ3n) is 1.80. The molecule has 76 valence electrons. The fourth-order valence-corrected chi connectivity index (χ4v) is 2.30. The van der Waals surface area contributed by atoms with Crippen LogP contribution in [0.3, 0.4) is 0 Å². The zero-order valence-electron chi connectivity index (χ0n) is 7.97. The van der Waals surface area contributed by atoms with Crippen LogP contribution in [0.4, 0.5) is 0 Å². The van der Waals surface area contributed by atoms with Gasteiger partial charge in [-0.1, -0.05) is 12.2 Å². The second-order valence-corrected chi connectivity index (χ2v) is 4.33. The smallest absolute Gasteiger partial charge is 0.144 e. The molecule has 0 aliphatic carbocycles. The molecule has 2 N–H and O–H groups in total. The highest BCUT2D eigenvalue weighted by molar-refractivity contribution is 7.81. The normalized spacial score (nSPS) is 10.2. The van der Waals surface area contributed by atoms with Gasteiger partial charge in [0, 0.05) is 12.4 Å². The van der Waals surface area contributed by atoms with Crippen LogP contribution in [0.5, 0.6) is 0 Å². The first-order chi connectivity index (χ1) is 7.18. The molecule has 0 aliphatic heterocycles. The lowest BCUT2D eigenvalue weighted by Gasteiger charge is -1.91. The molecule has 6 heteroatoms. The van der Waals surface area contributed by atoms with Crippen LogP contribution in [0.1, 0.15) is 10.6 Å². The van der Waals surface area contributed by atoms with Gasteiger partial charge in [-0.05, 0) is 6.92 Å². The van der Waals surface area contributed by atoms with E-state index in [9.17, 15) is 0 Å². The molecule has 2 aromatic rings. The van der Waals surface area contributed by atoms with E-state index in [-0.39, 0.29) is 0 Å². The van der Waals surface area contributed by atoms with E-state index >= 15 is 0 Å². The summed E-state index contributed by atoms with van der Waals surface area (Å²) in [5, 5.41) is 0.795. The van der Waals surface area contributed by atoms with Crippen molar-refractivity contribution < 1.29 is 0 Å². The van der Waals surface area contributed by atoms with Gasteiger partial charge in [-0.3, -0.25) is 9.97 Å². The topological polar surface area (TPSA) is 64.7 Å². The van der Waals surface area contributed by atoms with Gasteiger partial charge in [0.2, 0.25) is 0 Å². The third kappa shape index (κ3) is 2.00. The van der Waals surface area contributed by atoms with Crippen molar-refractivity contribution in [2.75, 3.05) is 0 Å². The van der Waals surface area contributed by atoms with Crippen molar-refractivity contribution in [3.8, 4) is 10.7 Å². The summed E-state index contributed by atoms with van der Waals surface area (Å²) < 4.78 is 0. The second kappa shape index (κ2) is 4.00. The minimum atomic E-state index is 0.375. The van der Waals surface area contributed by atoms with Crippen molar-refractivity contribution in [1.82, 2.24) is 15.0 Å². The first kappa shape index (κ1) is 10.1. The van der Waals surface area contributed by atoms with E-state index in [4.69, 9.17) is 18.0 Å². The molecular weight excluding hydrogens is 228 g/mol. The molecule has 0 saturated carbocycles. The van der Waals surface area contributed by atoms with Crippen LogP contribution in [0.2, 0.25) is 0 Å². The Hall–Kier alpha value is -1.40. The highest BCUT2D eigenvalue weighted by Crippen LogP contribution is 2.25. The SMILES string of the molecule is Cc1nc(-c2cnccn2)sc1C(N)=S. The van der Waals surface area contributed by atoms with Gasteiger partial charge in [0.25, 0.3) is 0 Å². The summed E-state index contributed by atoms with van der Waals surface area (Å²) in [5.74, 6) is 0. The van der Waals surface area contributed by atoms with Gasteiger partial charge in [-0.2, -0.15) is 0 Å². The second-order valence-electron chi connectivity index (χ2n) is 2.89. The van der Waals surface area contributed by atoms with Crippen LogP contribution in [0.15, 0.2) is 18.6 Å². The summed E-state index contributed by atoms with van der Waals surface area (Å²) in [6.07, 6.45) is 4.92. The number of nitrogens with zero attached hydrogens (tertiary/aromatic N) is 3. The van der Waals surface area contributed by atoms with Crippen molar-refractivity contribution in [2.45, 2.75) is 6.92 Å². The van der Waals surface area contributed by atoms with Crippen LogP contribution < -0.4 is 5.73 Å². The Morgan fingerprint density at radius 3 is 2.80 bits per heavy atom. The highest BCUT2D eigenvalue weighted by atomic mass is 32.1. The van der Waals surface area contributed by atoms with Crippen molar-refractivity contribution in [3.05, 3.63) is 29.2 Å². The fraction of sp³-hybridized carbons (Fsp3) is 0.111. The monoisotopic (exact) mass is 236 g/mol. The summed E-state index contributed by atoms with van der Waals surface area (Å²) >= 11 is 6.37. The number of hydrogen-bond donors (Lipinski definition) is 1. The molecule has 0 spiro atoms. The number of aromatic nitrogens is 3. The van der Waals surface area contributed by atoms with E-state index in [1.165, 1.54) is 11.3 Å². The maximum atomic E-state index is 5.57. The largest absolute Gasteiger partial charge is 0.389 e. The van der Waals surface area contributed by atoms with Gasteiger partial charge in [0.15, 0.2) is 0 Å². The Kier molecular flexibility index (Phi) is 2.70. The van der Waals surface area contributed by atoms with E-state index in [0.717, 1.165) is 21.3 Å².